The van der Waals surface area contributed by atoms with Crippen molar-refractivity contribution in [3.05, 3.63) is 0 Å². The van der Waals surface area contributed by atoms with E-state index in [0.29, 0.717) is 24.5 Å². The van der Waals surface area contributed by atoms with Crippen LogP contribution in [-0.2, 0) is 0 Å². The quantitative estimate of drug-likeness (QED) is 0.684. The standard InChI is InChI=1S/C11H23NOS/c1-9(2)10(8-14)6-12-5-3-4-11(12)7-13/h9-11,13-14H,3-8H2,1-2H3. The number of nitrogens with zero attached hydrogens (tertiary/aromatic N) is 1. The molecule has 2 unspecified atom stereocenters. The van der Waals surface area contributed by atoms with E-state index in [9.17, 15) is 5.11 Å². The molecule has 2 nitrogen and oxygen atoms in total. The van der Waals surface area contributed by atoms with Gasteiger partial charge < -0.3 is 5.11 Å². The van der Waals surface area contributed by atoms with Crippen LogP contribution < -0.4 is 0 Å². The lowest BCUT2D eigenvalue weighted by molar-refractivity contribution is 0.136. The predicted molar refractivity (Wildman–Crippen MR) is 63.9 cm³/mol. The van der Waals surface area contributed by atoms with Crippen LogP contribution in [0, 0.1) is 11.8 Å². The monoisotopic (exact) mass is 217 g/mol. The van der Waals surface area contributed by atoms with Crippen LogP contribution in [0.2, 0.25) is 0 Å². The number of likely N-dealkylation sites (tertiary alicyclic amines) is 1. The molecule has 3 heteroatoms. The molecule has 1 fully saturated rings. The number of thiol groups is 1. The van der Waals surface area contributed by atoms with Gasteiger partial charge in [0.05, 0.1) is 6.61 Å². The minimum absolute atomic E-state index is 0.317. The van der Waals surface area contributed by atoms with Crippen LogP contribution in [0.5, 0.6) is 0 Å². The minimum atomic E-state index is 0.317. The summed E-state index contributed by atoms with van der Waals surface area (Å²) in [7, 11) is 0. The van der Waals surface area contributed by atoms with Gasteiger partial charge in [0.15, 0.2) is 0 Å². The molecule has 1 aliphatic heterocycles. The van der Waals surface area contributed by atoms with Crippen LogP contribution in [0.15, 0.2) is 0 Å². The molecule has 1 rings (SSSR count). The Bertz CT molecular complexity index is 163. The molecule has 0 aromatic carbocycles. The van der Waals surface area contributed by atoms with Crippen LogP contribution in [-0.4, -0.2) is 41.5 Å². The van der Waals surface area contributed by atoms with Gasteiger partial charge in [0.2, 0.25) is 0 Å². The van der Waals surface area contributed by atoms with Crippen molar-refractivity contribution in [2.45, 2.75) is 32.7 Å². The molecule has 0 amide bonds. The van der Waals surface area contributed by atoms with Crippen molar-refractivity contribution in [1.82, 2.24) is 4.90 Å². The van der Waals surface area contributed by atoms with Gasteiger partial charge in [-0.3, -0.25) is 4.90 Å². The van der Waals surface area contributed by atoms with Crippen molar-refractivity contribution in [2.24, 2.45) is 11.8 Å². The number of hydrogen-bond donors (Lipinski definition) is 2. The summed E-state index contributed by atoms with van der Waals surface area (Å²) in [4.78, 5) is 2.43. The van der Waals surface area contributed by atoms with E-state index in [-0.39, 0.29) is 0 Å². The highest BCUT2D eigenvalue weighted by molar-refractivity contribution is 7.80. The molecular formula is C11H23NOS. The summed E-state index contributed by atoms with van der Waals surface area (Å²) in [6, 6.07) is 0.413. The zero-order chi connectivity index (χ0) is 10.6. The van der Waals surface area contributed by atoms with Crippen LogP contribution in [0.1, 0.15) is 26.7 Å². The molecule has 0 aromatic rings. The van der Waals surface area contributed by atoms with E-state index in [2.05, 4.69) is 31.4 Å². The Morgan fingerprint density at radius 1 is 1.50 bits per heavy atom. The molecule has 1 N–H and O–H groups in total. The van der Waals surface area contributed by atoms with Gasteiger partial charge in [-0.15, -0.1) is 0 Å². The normalized spacial score (nSPS) is 25.9. The fourth-order valence-corrected chi connectivity index (χ4v) is 2.66. The van der Waals surface area contributed by atoms with Gasteiger partial charge in [0.25, 0.3) is 0 Å². The maximum Gasteiger partial charge on any atom is 0.0586 e. The molecular weight excluding hydrogens is 194 g/mol. The van der Waals surface area contributed by atoms with Crippen molar-refractivity contribution >= 4 is 12.6 Å². The van der Waals surface area contributed by atoms with Crippen LogP contribution in [0.4, 0.5) is 0 Å². The first-order chi connectivity index (χ1) is 6.69. The fourth-order valence-electron chi connectivity index (χ4n) is 2.12. The van der Waals surface area contributed by atoms with Gasteiger partial charge >= 0.3 is 0 Å². The molecule has 0 aliphatic carbocycles. The molecule has 1 saturated heterocycles. The van der Waals surface area contributed by atoms with E-state index < -0.39 is 0 Å². The Morgan fingerprint density at radius 3 is 2.71 bits per heavy atom. The molecule has 1 aliphatic rings. The summed E-state index contributed by atoms with van der Waals surface area (Å²) < 4.78 is 0. The summed E-state index contributed by atoms with van der Waals surface area (Å²) in [6.07, 6.45) is 2.40. The number of hydrogen-bond acceptors (Lipinski definition) is 3. The predicted octanol–water partition coefficient (Wildman–Crippen LogP) is 1.65. The lowest BCUT2D eigenvalue weighted by Crippen LogP contribution is -2.38. The third-order valence-electron chi connectivity index (χ3n) is 3.36. The molecule has 84 valence electrons. The van der Waals surface area contributed by atoms with E-state index in [4.69, 9.17) is 0 Å². The molecule has 1 heterocycles. The Morgan fingerprint density at radius 2 is 2.21 bits per heavy atom. The molecule has 0 saturated carbocycles. The van der Waals surface area contributed by atoms with Gasteiger partial charge in [0.1, 0.15) is 0 Å². The molecule has 0 bridgehead atoms. The van der Waals surface area contributed by atoms with Gasteiger partial charge in [-0.1, -0.05) is 13.8 Å². The highest BCUT2D eigenvalue weighted by atomic mass is 32.1. The maximum absolute atomic E-state index is 9.20. The molecule has 0 radical (unpaired) electrons. The van der Waals surface area contributed by atoms with Crippen molar-refractivity contribution in [1.29, 1.82) is 0 Å². The zero-order valence-electron chi connectivity index (χ0n) is 9.32. The van der Waals surface area contributed by atoms with Gasteiger partial charge in [0, 0.05) is 12.6 Å². The number of rotatable bonds is 5. The lowest BCUT2D eigenvalue weighted by Gasteiger charge is -2.29. The van der Waals surface area contributed by atoms with Crippen LogP contribution in [0.3, 0.4) is 0 Å². The third kappa shape index (κ3) is 3.14. The summed E-state index contributed by atoms with van der Waals surface area (Å²) in [5.74, 6) is 2.30. The lowest BCUT2D eigenvalue weighted by atomic mass is 9.97. The summed E-state index contributed by atoms with van der Waals surface area (Å²) in [5, 5.41) is 9.20. The summed E-state index contributed by atoms with van der Waals surface area (Å²) in [6.45, 7) is 7.09. The van der Waals surface area contributed by atoms with Crippen molar-refractivity contribution in [3.63, 3.8) is 0 Å². The topological polar surface area (TPSA) is 23.5 Å². The van der Waals surface area contributed by atoms with E-state index in [1.807, 2.05) is 0 Å². The van der Waals surface area contributed by atoms with Crippen LogP contribution >= 0.6 is 12.6 Å². The van der Waals surface area contributed by atoms with Crippen molar-refractivity contribution in [2.75, 3.05) is 25.4 Å². The summed E-state index contributed by atoms with van der Waals surface area (Å²) >= 11 is 4.40. The molecule has 0 spiro atoms. The Balaban J connectivity index is 2.41. The molecule has 2 atom stereocenters. The van der Waals surface area contributed by atoms with E-state index >= 15 is 0 Å². The highest BCUT2D eigenvalue weighted by Crippen LogP contribution is 2.21. The second kappa shape index (κ2) is 5.99. The van der Waals surface area contributed by atoms with Gasteiger partial charge in [-0.05, 0) is 37.0 Å². The van der Waals surface area contributed by atoms with E-state index in [0.717, 1.165) is 25.3 Å². The van der Waals surface area contributed by atoms with Gasteiger partial charge in [-0.2, -0.15) is 12.6 Å². The Labute approximate surface area is 93.1 Å². The molecule has 14 heavy (non-hydrogen) atoms. The summed E-state index contributed by atoms with van der Waals surface area (Å²) in [5.41, 5.74) is 0. The first-order valence-corrected chi connectivity index (χ1v) is 6.28. The highest BCUT2D eigenvalue weighted by Gasteiger charge is 2.26. The average molecular weight is 217 g/mol. The van der Waals surface area contributed by atoms with E-state index in [1.165, 1.54) is 6.42 Å². The number of aliphatic hydroxyl groups is 1. The molecule has 0 aromatic heterocycles. The average Bonchev–Trinajstić information content (AvgIpc) is 2.60. The Kier molecular flexibility index (Phi) is 5.28. The minimum Gasteiger partial charge on any atom is -0.395 e. The number of aliphatic hydroxyl groups excluding tert-OH is 1. The smallest absolute Gasteiger partial charge is 0.0586 e. The van der Waals surface area contributed by atoms with E-state index in [1.54, 1.807) is 0 Å². The SMILES string of the molecule is CC(C)C(CS)CN1CCCC1CO. The Hall–Kier alpha value is 0.270. The van der Waals surface area contributed by atoms with Crippen LogP contribution in [0.25, 0.3) is 0 Å². The van der Waals surface area contributed by atoms with Crippen molar-refractivity contribution < 1.29 is 5.11 Å². The largest absolute Gasteiger partial charge is 0.395 e. The van der Waals surface area contributed by atoms with Crippen molar-refractivity contribution in [3.8, 4) is 0 Å². The third-order valence-corrected chi connectivity index (χ3v) is 3.83. The maximum atomic E-state index is 9.20. The second-order valence-electron chi connectivity index (χ2n) is 4.66. The first-order valence-electron chi connectivity index (χ1n) is 5.64. The zero-order valence-corrected chi connectivity index (χ0v) is 10.2. The first kappa shape index (κ1) is 12.3. The fraction of sp³-hybridized carbons (Fsp3) is 1.00. The van der Waals surface area contributed by atoms with Gasteiger partial charge in [-0.25, -0.2) is 0 Å². The second-order valence-corrected chi connectivity index (χ2v) is 5.03.